The molecule has 140 valence electrons. The highest BCUT2D eigenvalue weighted by atomic mass is 32.2. The minimum absolute atomic E-state index is 0.165. The molecule has 1 aromatic heterocycles. The van der Waals surface area contributed by atoms with Crippen LogP contribution in [0.15, 0.2) is 41.3 Å². The Kier molecular flexibility index (Phi) is 5.28. The molecule has 1 unspecified atom stereocenters. The molecule has 1 fully saturated rings. The van der Waals surface area contributed by atoms with Crippen molar-refractivity contribution < 1.29 is 17.9 Å². The Bertz CT molecular complexity index is 855. The first-order valence-corrected chi connectivity index (χ1v) is 9.66. The van der Waals surface area contributed by atoms with Crippen LogP contribution in [0.5, 0.6) is 11.6 Å². The lowest BCUT2D eigenvalue weighted by molar-refractivity contribution is 0.204. The van der Waals surface area contributed by atoms with E-state index in [1.165, 1.54) is 11.4 Å². The zero-order chi connectivity index (χ0) is 18.7. The van der Waals surface area contributed by atoms with Gasteiger partial charge >= 0.3 is 0 Å². The first-order valence-electron chi connectivity index (χ1n) is 8.22. The van der Waals surface area contributed by atoms with E-state index in [1.54, 1.807) is 36.4 Å². The number of nitrogens with zero attached hydrogens (tertiary/aromatic N) is 4. The Morgan fingerprint density at radius 2 is 1.92 bits per heavy atom. The highest BCUT2D eigenvalue weighted by Crippen LogP contribution is 2.29. The summed E-state index contributed by atoms with van der Waals surface area (Å²) in [5, 5.41) is 8.10. The van der Waals surface area contributed by atoms with E-state index in [9.17, 15) is 8.42 Å². The summed E-state index contributed by atoms with van der Waals surface area (Å²) in [7, 11) is 1.57. The van der Waals surface area contributed by atoms with Gasteiger partial charge in [-0.2, -0.15) is 4.31 Å². The minimum atomic E-state index is -3.64. The quantitative estimate of drug-likeness (QED) is 0.751. The Labute approximate surface area is 153 Å². The largest absolute Gasteiger partial charge is 0.495 e. The van der Waals surface area contributed by atoms with Crippen LogP contribution < -0.4 is 14.4 Å². The predicted molar refractivity (Wildman–Crippen MR) is 97.1 cm³/mol. The van der Waals surface area contributed by atoms with Gasteiger partial charge in [-0.1, -0.05) is 12.1 Å². The molecule has 0 radical (unpaired) electrons. The van der Waals surface area contributed by atoms with Crippen LogP contribution in [0.3, 0.4) is 0 Å². The zero-order valence-corrected chi connectivity index (χ0v) is 15.8. The van der Waals surface area contributed by atoms with Gasteiger partial charge in [-0.3, -0.25) is 0 Å². The summed E-state index contributed by atoms with van der Waals surface area (Å²) in [6.07, 6.45) is 0.324. The number of rotatable bonds is 6. The fourth-order valence-corrected chi connectivity index (χ4v) is 4.41. The van der Waals surface area contributed by atoms with Gasteiger partial charge in [-0.15, -0.1) is 10.2 Å². The van der Waals surface area contributed by atoms with Crippen molar-refractivity contribution in [2.75, 3.05) is 39.2 Å². The molecule has 8 nitrogen and oxygen atoms in total. The van der Waals surface area contributed by atoms with Crippen molar-refractivity contribution in [3.63, 3.8) is 0 Å². The van der Waals surface area contributed by atoms with Crippen molar-refractivity contribution in [2.24, 2.45) is 0 Å². The van der Waals surface area contributed by atoms with Crippen molar-refractivity contribution in [1.82, 2.24) is 14.5 Å². The number of para-hydroxylation sites is 1. The van der Waals surface area contributed by atoms with Crippen LogP contribution in [0.25, 0.3) is 0 Å². The number of methoxy groups -OCH3 is 1. The number of hydrogen-bond donors (Lipinski definition) is 0. The van der Waals surface area contributed by atoms with Gasteiger partial charge in [-0.05, 0) is 24.6 Å². The van der Waals surface area contributed by atoms with Crippen molar-refractivity contribution >= 4 is 15.8 Å². The average Bonchev–Trinajstić information content (AvgIpc) is 3.11. The normalized spacial score (nSPS) is 17.9. The summed E-state index contributed by atoms with van der Waals surface area (Å²) < 4.78 is 38.2. The molecule has 0 N–H and O–H groups in total. The Morgan fingerprint density at radius 3 is 2.58 bits per heavy atom. The molecule has 2 heterocycles. The molecule has 0 aliphatic carbocycles. The molecule has 0 amide bonds. The van der Waals surface area contributed by atoms with E-state index < -0.39 is 10.0 Å². The van der Waals surface area contributed by atoms with Crippen LogP contribution in [0.4, 0.5) is 5.82 Å². The Morgan fingerprint density at radius 1 is 1.15 bits per heavy atom. The smallest absolute Gasteiger partial charge is 0.246 e. The number of aromatic nitrogens is 2. The second-order valence-electron chi connectivity index (χ2n) is 6.17. The fraction of sp³-hybridized carbons (Fsp3) is 0.412. The Hall–Kier alpha value is -2.39. The predicted octanol–water partition coefficient (Wildman–Crippen LogP) is 1.39. The van der Waals surface area contributed by atoms with Crippen LogP contribution in [0.1, 0.15) is 6.42 Å². The molecule has 26 heavy (non-hydrogen) atoms. The molecule has 0 bridgehead atoms. The standard InChI is InChI=1S/C17H22N4O4S/c1-20(2)16-8-9-17(19-18-16)25-13-10-11-21(12-13)26(22,23)15-7-5-4-6-14(15)24-3/h4-9,13H,10-12H2,1-3H3. The maximum absolute atomic E-state index is 12.9. The monoisotopic (exact) mass is 378 g/mol. The SMILES string of the molecule is COc1ccccc1S(=O)(=O)N1CCC(Oc2ccc(N(C)C)nn2)C1. The molecular formula is C17H22N4O4S. The van der Waals surface area contributed by atoms with E-state index in [0.29, 0.717) is 24.6 Å². The molecule has 1 aromatic carbocycles. The summed E-state index contributed by atoms with van der Waals surface area (Å²) in [4.78, 5) is 2.01. The third-order valence-electron chi connectivity index (χ3n) is 4.17. The van der Waals surface area contributed by atoms with Gasteiger partial charge in [0.25, 0.3) is 0 Å². The molecule has 3 rings (SSSR count). The van der Waals surface area contributed by atoms with Gasteiger partial charge in [-0.25, -0.2) is 8.42 Å². The summed E-state index contributed by atoms with van der Waals surface area (Å²) in [6.45, 7) is 0.645. The molecule has 9 heteroatoms. The van der Waals surface area contributed by atoms with E-state index in [2.05, 4.69) is 10.2 Å². The van der Waals surface area contributed by atoms with Gasteiger partial charge in [0.1, 0.15) is 16.7 Å². The zero-order valence-electron chi connectivity index (χ0n) is 15.0. The molecular weight excluding hydrogens is 356 g/mol. The molecule has 2 aromatic rings. The number of sulfonamides is 1. The summed E-state index contributed by atoms with van der Waals surface area (Å²) in [5.41, 5.74) is 0. The molecule has 1 atom stereocenters. The fourth-order valence-electron chi connectivity index (χ4n) is 2.77. The summed E-state index contributed by atoms with van der Waals surface area (Å²) in [6, 6.07) is 10.2. The number of anilines is 1. The number of ether oxygens (including phenoxy) is 2. The van der Waals surface area contributed by atoms with Crippen molar-refractivity contribution in [1.29, 1.82) is 0 Å². The average molecular weight is 378 g/mol. The molecule has 1 aliphatic heterocycles. The van der Waals surface area contributed by atoms with Gasteiger partial charge in [0.2, 0.25) is 15.9 Å². The topological polar surface area (TPSA) is 84.9 Å². The highest BCUT2D eigenvalue weighted by molar-refractivity contribution is 7.89. The molecule has 0 saturated carbocycles. The molecule has 1 saturated heterocycles. The van der Waals surface area contributed by atoms with E-state index >= 15 is 0 Å². The van der Waals surface area contributed by atoms with Crippen molar-refractivity contribution in [3.05, 3.63) is 36.4 Å². The highest BCUT2D eigenvalue weighted by Gasteiger charge is 2.35. The second-order valence-corrected chi connectivity index (χ2v) is 8.07. The van der Waals surface area contributed by atoms with E-state index in [4.69, 9.17) is 9.47 Å². The van der Waals surface area contributed by atoms with Crippen LogP contribution in [-0.4, -0.2) is 63.3 Å². The molecule has 1 aliphatic rings. The third-order valence-corrected chi connectivity index (χ3v) is 6.07. The van der Waals surface area contributed by atoms with Gasteiger partial charge < -0.3 is 14.4 Å². The van der Waals surface area contributed by atoms with E-state index in [1.807, 2.05) is 19.0 Å². The van der Waals surface area contributed by atoms with Gasteiger partial charge in [0, 0.05) is 26.7 Å². The second kappa shape index (κ2) is 7.46. The lowest BCUT2D eigenvalue weighted by atomic mass is 10.3. The van der Waals surface area contributed by atoms with Crippen LogP contribution in [0.2, 0.25) is 0 Å². The number of benzene rings is 1. The minimum Gasteiger partial charge on any atom is -0.495 e. The van der Waals surface area contributed by atoms with Crippen molar-refractivity contribution in [3.8, 4) is 11.6 Å². The maximum atomic E-state index is 12.9. The lowest BCUT2D eigenvalue weighted by Crippen LogP contribution is -2.31. The van der Waals surface area contributed by atoms with Gasteiger partial charge in [0.15, 0.2) is 5.82 Å². The summed E-state index contributed by atoms with van der Waals surface area (Å²) >= 11 is 0. The van der Waals surface area contributed by atoms with Crippen molar-refractivity contribution in [2.45, 2.75) is 17.4 Å². The van der Waals surface area contributed by atoms with E-state index in [-0.39, 0.29) is 17.5 Å². The first-order chi connectivity index (χ1) is 12.4. The molecule has 0 spiro atoms. The Balaban J connectivity index is 1.70. The van der Waals surface area contributed by atoms with Crippen LogP contribution >= 0.6 is 0 Å². The van der Waals surface area contributed by atoms with Gasteiger partial charge in [0.05, 0.1) is 13.7 Å². The third kappa shape index (κ3) is 3.73. The maximum Gasteiger partial charge on any atom is 0.246 e. The first kappa shape index (κ1) is 18.4. The van der Waals surface area contributed by atoms with E-state index in [0.717, 1.165) is 5.82 Å². The van der Waals surface area contributed by atoms with Crippen LogP contribution in [0, 0.1) is 0 Å². The van der Waals surface area contributed by atoms with Crippen LogP contribution in [-0.2, 0) is 10.0 Å². The summed E-state index contributed by atoms with van der Waals surface area (Å²) in [5.74, 6) is 1.45. The number of hydrogen-bond acceptors (Lipinski definition) is 7. The lowest BCUT2D eigenvalue weighted by Gasteiger charge is -2.18.